The summed E-state index contributed by atoms with van der Waals surface area (Å²) in [6.45, 7) is 4.93. The van der Waals surface area contributed by atoms with Gasteiger partial charge in [0.1, 0.15) is 108 Å². The molecule has 16 rings (SSSR count). The summed E-state index contributed by atoms with van der Waals surface area (Å²) in [6.07, 6.45) is -1.96. The van der Waals surface area contributed by atoms with Gasteiger partial charge in [-0.2, -0.15) is 0 Å². The number of carbonyl (C=O) groups is 9. The van der Waals surface area contributed by atoms with Gasteiger partial charge in [-0.25, -0.2) is 4.68 Å². The fourth-order valence-corrected chi connectivity index (χ4v) is 17.7. The number of aromatic nitrogens is 3. The summed E-state index contributed by atoms with van der Waals surface area (Å²) in [5, 5.41) is 127. The monoisotopic (exact) mass is 1660 g/mol. The van der Waals surface area contributed by atoms with Crippen molar-refractivity contribution >= 4 is 76.4 Å². The van der Waals surface area contributed by atoms with Crippen LogP contribution < -0.4 is 67.8 Å². The first kappa shape index (κ1) is 84.5. The number of benzene rings is 5. The van der Waals surface area contributed by atoms with E-state index in [1.54, 1.807) is 6.20 Å². The number of fused-ring (bicyclic) bond motifs is 15. The molecule has 7 heterocycles. The van der Waals surface area contributed by atoms with Crippen molar-refractivity contribution in [3.05, 3.63) is 129 Å². The van der Waals surface area contributed by atoms with Crippen LogP contribution in [-0.2, 0) is 60.9 Å². The van der Waals surface area contributed by atoms with Crippen molar-refractivity contribution in [3.8, 4) is 57.1 Å². The number of nitrogens with one attached hydrogen (secondary N) is 9. The highest BCUT2D eigenvalue weighted by atomic mass is 35.5. The van der Waals surface area contributed by atoms with Crippen molar-refractivity contribution < 1.29 is 103 Å². The molecule has 34 nitrogen and oxygen atoms in total. The summed E-state index contributed by atoms with van der Waals surface area (Å²) in [5.74, 6) is -13.7. The summed E-state index contributed by atoms with van der Waals surface area (Å²) in [5.41, 5.74) is 4.42. The molecule has 6 aromatic rings. The zero-order chi connectivity index (χ0) is 83.5. The number of ether oxygens (including phenoxy) is 4. The van der Waals surface area contributed by atoms with E-state index in [2.05, 4.69) is 65.1 Å². The highest BCUT2D eigenvalue weighted by Gasteiger charge is 2.51. The molecule has 117 heavy (non-hydrogen) atoms. The molecule has 0 unspecified atom stereocenters. The summed E-state index contributed by atoms with van der Waals surface area (Å²) in [6, 6.07) is 0.545. The van der Waals surface area contributed by atoms with Gasteiger partial charge in [0.2, 0.25) is 65.2 Å². The second-order valence-corrected chi connectivity index (χ2v) is 32.7. The highest BCUT2D eigenvalue weighted by molar-refractivity contribution is 6.32. The van der Waals surface area contributed by atoms with Crippen molar-refractivity contribution in [3.63, 3.8) is 0 Å². The van der Waals surface area contributed by atoms with Crippen LogP contribution in [0, 0.1) is 29.6 Å². The third-order valence-electron chi connectivity index (χ3n) is 22.9. The predicted octanol–water partition coefficient (Wildman–Crippen LogP) is 4.04. The Labute approximate surface area is 682 Å². The van der Waals surface area contributed by atoms with Gasteiger partial charge >= 0.3 is 0 Å². The Morgan fingerprint density at radius 1 is 0.658 bits per heavy atom. The number of primary amides is 1. The van der Waals surface area contributed by atoms with E-state index in [1.165, 1.54) is 36.0 Å². The van der Waals surface area contributed by atoms with Crippen molar-refractivity contribution in [2.45, 2.75) is 208 Å². The van der Waals surface area contributed by atoms with E-state index in [0.29, 0.717) is 24.0 Å². The Morgan fingerprint density at radius 3 is 1.92 bits per heavy atom. The molecule has 6 aliphatic heterocycles. The molecule has 4 aliphatic carbocycles. The van der Waals surface area contributed by atoms with Gasteiger partial charge in [-0.3, -0.25) is 43.2 Å². The van der Waals surface area contributed by atoms with Crippen LogP contribution in [0.15, 0.2) is 85.1 Å². The zero-order valence-corrected chi connectivity index (χ0v) is 66.0. The van der Waals surface area contributed by atoms with Crippen LogP contribution in [0.2, 0.25) is 10.0 Å². The Balaban J connectivity index is 0.947. The lowest BCUT2D eigenvalue weighted by Gasteiger charge is -2.54. The molecule has 36 heteroatoms. The van der Waals surface area contributed by atoms with E-state index in [-0.39, 0.29) is 86.7 Å². The first-order chi connectivity index (χ1) is 55.9. The summed E-state index contributed by atoms with van der Waals surface area (Å²) >= 11 is 14.3. The number of phenolic OH excluding ortho intramolecular Hbond substituents is 3. The Bertz CT molecular complexity index is 4750. The number of aliphatic hydroxyl groups is 5. The molecule has 15 bridgehead atoms. The Hall–Kier alpha value is -10.4. The molecule has 9 amide bonds. The minimum Gasteiger partial charge on any atom is -0.508 e. The number of halogens is 2. The molecule has 1 aromatic heterocycles. The number of hydrogen-bond donors (Lipinski definition) is 18. The fraction of sp³-hybridized carbons (Fsp3) is 0.494. The molecule has 10 aliphatic rings. The number of hydrogen-bond acceptors (Lipinski definition) is 24. The number of unbranched alkanes of at least 4 members (excludes halogenated alkanes) is 5. The van der Waals surface area contributed by atoms with E-state index in [1.807, 2.05) is 13.8 Å². The van der Waals surface area contributed by atoms with Crippen molar-refractivity contribution in [1.82, 2.24) is 62.8 Å². The van der Waals surface area contributed by atoms with Crippen molar-refractivity contribution in [2.24, 2.45) is 35.3 Å². The van der Waals surface area contributed by atoms with Gasteiger partial charge in [-0.05, 0) is 170 Å². The van der Waals surface area contributed by atoms with E-state index >= 15 is 24.0 Å². The van der Waals surface area contributed by atoms with Crippen LogP contribution in [0.1, 0.15) is 168 Å². The first-order valence-corrected chi connectivity index (χ1v) is 40.1. The second-order valence-electron chi connectivity index (χ2n) is 31.9. The third-order valence-corrected chi connectivity index (χ3v) is 23.5. The van der Waals surface area contributed by atoms with Crippen LogP contribution in [0.3, 0.4) is 0 Å². The van der Waals surface area contributed by atoms with E-state index in [9.17, 15) is 60.0 Å². The van der Waals surface area contributed by atoms with E-state index < -0.39 is 196 Å². The van der Waals surface area contributed by atoms with Crippen LogP contribution in [-0.4, -0.2) is 184 Å². The van der Waals surface area contributed by atoms with Crippen LogP contribution in [0.25, 0.3) is 11.1 Å². The lowest BCUT2D eigenvalue weighted by molar-refractivity contribution is -0.271. The SMILES string of the molecule is CCCCCCCCc1cn(CC(=O)NC[C@@H]2O[C@H](Oc3c4cc5cc3Oc3ccc(cc3Cl)[C@@H](O)[C@@H](NC(=O)[C@@H](CC(C)C)NC)C(=O)N[C@@H](CC(N)=O)C(=O)N[C@H]5C(=O)N[C@H]3C(=O)N[C@H](C(=O)N[C@H](C(=O)NC5C6CC7CC(C6)CC5C7)c5cc(O)cc(O)c5-c5cc3ccc5O)[C@H](O)c3ccc(c(Cl)c3)O4)[C@@H](O)[C@H](O)[C@H]2O)nn1. The largest absolute Gasteiger partial charge is 0.508 e. The number of likely N-dealkylation sites (N-methyl/N-ethyl adjacent to an activating group) is 1. The van der Waals surface area contributed by atoms with Crippen molar-refractivity contribution in [2.75, 3.05) is 13.6 Å². The molecule has 5 aromatic carbocycles. The molecule has 4 saturated carbocycles. The van der Waals surface area contributed by atoms with Crippen LogP contribution >= 0.6 is 23.2 Å². The maximum atomic E-state index is 16.3. The lowest BCUT2D eigenvalue weighted by Crippen LogP contribution is -2.61. The molecular formula is C81H97Cl2N13O21. The summed E-state index contributed by atoms with van der Waals surface area (Å²) < 4.78 is 27.4. The highest BCUT2D eigenvalue weighted by Crippen LogP contribution is 2.55. The molecule has 1 saturated heterocycles. The van der Waals surface area contributed by atoms with E-state index in [4.69, 9.17) is 47.9 Å². The minimum atomic E-state index is -2.32. The average Bonchev–Trinajstić information content (AvgIpc) is 0.856. The molecule has 626 valence electrons. The smallest absolute Gasteiger partial charge is 0.248 e. The van der Waals surface area contributed by atoms with Crippen LogP contribution in [0.4, 0.5) is 0 Å². The normalized spacial score (nSPS) is 27.7. The van der Waals surface area contributed by atoms with Gasteiger partial charge in [0, 0.05) is 36.0 Å². The van der Waals surface area contributed by atoms with E-state index in [0.717, 1.165) is 125 Å². The molecule has 5 fully saturated rings. The topological polar surface area (TPSA) is 517 Å². The number of rotatable bonds is 22. The fourth-order valence-electron chi connectivity index (χ4n) is 17.2. The minimum absolute atomic E-state index is 0.0748. The number of nitrogens with zero attached hydrogens (tertiary/aromatic N) is 3. The first-order valence-electron chi connectivity index (χ1n) is 39.4. The second kappa shape index (κ2) is 36.2. The molecule has 14 atom stereocenters. The van der Waals surface area contributed by atoms with Gasteiger partial charge in [-0.15, -0.1) is 5.10 Å². The number of phenols is 3. The van der Waals surface area contributed by atoms with Gasteiger partial charge in [0.05, 0.1) is 28.2 Å². The zero-order valence-electron chi connectivity index (χ0n) is 64.5. The average molecular weight is 1660 g/mol. The molecule has 19 N–H and O–H groups in total. The maximum Gasteiger partial charge on any atom is 0.248 e. The third kappa shape index (κ3) is 18.9. The van der Waals surface area contributed by atoms with Gasteiger partial charge in [0.15, 0.2) is 11.5 Å². The van der Waals surface area contributed by atoms with Gasteiger partial charge in [-0.1, -0.05) is 99.5 Å². The maximum absolute atomic E-state index is 16.3. The Morgan fingerprint density at radius 2 is 1.28 bits per heavy atom. The standard InChI is InChI=1S/C81H97Cl2N13O21/c1-5-6-7-8-9-10-11-44-33-96(95-94-44)34-60(101)86-32-58-70(104)71(105)72(106)81(116-58)117-73-56-27-43-28-57(73)115-55-17-14-40(26-49(55)83)69(103)67-80(113)91-65(78(111)88-62-41-20-36-19-37(22-41)23-42(62)21-36)47-29-45(97)30-53(99)61(47)46-24-38(12-15-52(46)98)63(76(109)93-67)90-77(110)64(43)89-75(108)51(31-59(84)100)87-79(112)66(92-74(107)50(85-4)18-35(2)3)68(102)39-13-16-54(114-56)48(82)25-39/h12-17,24-30,33,35-37,41-42,50-51,58,62-72,81,85,97-99,102-106H,5-11,18-23,31-32,34H2,1-4H3,(H2,84,100)(H,86,101)(H,87,112)(H,88,111)(H,89,108)(H,90,110)(H,91,113)(H,92,107)(H,93,109)/t36?,37?,41?,42?,50-,51+,58+,62?,63-,64-,65+,66-,67+,68-,69-,70+,71-,72+,81-/m1/s1. The molecular weight excluding hydrogens is 1560 g/mol. The molecule has 0 radical (unpaired) electrons. The Kier molecular flexibility index (Phi) is 26.1. The number of aromatic hydroxyl groups is 3. The van der Waals surface area contributed by atoms with Crippen LogP contribution in [0.5, 0.6) is 46.0 Å². The summed E-state index contributed by atoms with van der Waals surface area (Å²) in [4.78, 5) is 135. The number of amides is 9. The molecule has 0 spiro atoms. The van der Waals surface area contributed by atoms with Crippen molar-refractivity contribution in [1.29, 1.82) is 0 Å². The van der Waals surface area contributed by atoms with Gasteiger partial charge < -0.3 is 113 Å². The quantitative estimate of drug-likeness (QED) is 0.0426. The van der Waals surface area contributed by atoms with Gasteiger partial charge in [0.25, 0.3) is 0 Å². The number of aryl methyl sites for hydroxylation is 1. The number of carbonyl (C=O) groups excluding carboxylic acids is 9. The number of nitrogens with two attached hydrogens (primary N) is 1. The summed E-state index contributed by atoms with van der Waals surface area (Å²) in [7, 11) is 1.49. The lowest BCUT2D eigenvalue weighted by atomic mass is 9.54. The predicted molar refractivity (Wildman–Crippen MR) is 417 cm³/mol. The number of aliphatic hydroxyl groups excluding tert-OH is 5.